The van der Waals surface area contributed by atoms with Crippen LogP contribution in [0.2, 0.25) is 0 Å². The molecule has 0 aliphatic carbocycles. The molecular formula is C25H29N3O5S. The molecule has 1 fully saturated rings. The Labute approximate surface area is 202 Å². The van der Waals surface area contributed by atoms with E-state index in [1.54, 1.807) is 16.7 Å². The van der Waals surface area contributed by atoms with Crippen molar-refractivity contribution in [1.82, 2.24) is 9.47 Å². The van der Waals surface area contributed by atoms with Gasteiger partial charge < -0.3 is 19.1 Å². The molecule has 180 valence electrons. The van der Waals surface area contributed by atoms with E-state index in [0.29, 0.717) is 29.1 Å². The van der Waals surface area contributed by atoms with Crippen LogP contribution in [0.1, 0.15) is 35.3 Å². The summed E-state index contributed by atoms with van der Waals surface area (Å²) in [6.45, 7) is 8.42. The van der Waals surface area contributed by atoms with E-state index in [1.807, 2.05) is 44.2 Å². The number of ether oxygens (including phenoxy) is 2. The standard InChI is InChI=1S/C25H29N3O5S/c1-3-20(24(30)31)28-21-9-8-19(33-15-12-27-10-13-32-14-11-27)16-22(21)34-25(28)26-23(29)18-6-4-17(2)5-7-18/h4-9,16,20H,3,10-15H2,1-2H3,(H,30,31)/b26-25-. The third kappa shape index (κ3) is 5.55. The first-order valence-electron chi connectivity index (χ1n) is 11.4. The Hall–Kier alpha value is -3.01. The number of thiazole rings is 1. The molecule has 0 radical (unpaired) electrons. The van der Waals surface area contributed by atoms with Gasteiger partial charge in [0.25, 0.3) is 5.91 Å². The largest absolute Gasteiger partial charge is 0.492 e. The zero-order valence-electron chi connectivity index (χ0n) is 19.4. The van der Waals surface area contributed by atoms with E-state index in [2.05, 4.69) is 9.89 Å². The SMILES string of the molecule is CCC(C(=O)O)n1/c(=N/C(=O)c2ccc(C)cc2)sc2cc(OCCN3CCOCC3)ccc21. The first kappa shape index (κ1) is 24.1. The quantitative estimate of drug-likeness (QED) is 0.527. The molecule has 8 nitrogen and oxygen atoms in total. The number of benzene rings is 2. The average Bonchev–Trinajstić information content (AvgIpc) is 3.17. The highest BCUT2D eigenvalue weighted by atomic mass is 32.1. The number of aromatic nitrogens is 1. The maximum Gasteiger partial charge on any atom is 0.326 e. The molecule has 1 saturated heterocycles. The molecule has 1 aliphatic heterocycles. The van der Waals surface area contributed by atoms with E-state index < -0.39 is 17.9 Å². The third-order valence-corrected chi connectivity index (χ3v) is 6.87. The van der Waals surface area contributed by atoms with Crippen molar-refractivity contribution in [3.63, 3.8) is 0 Å². The molecule has 2 aromatic carbocycles. The third-order valence-electron chi connectivity index (χ3n) is 5.86. The van der Waals surface area contributed by atoms with Crippen molar-refractivity contribution >= 4 is 33.4 Å². The number of carboxylic acid groups (broad SMARTS) is 1. The summed E-state index contributed by atoms with van der Waals surface area (Å²) in [6.07, 6.45) is 0.366. The van der Waals surface area contributed by atoms with Crippen molar-refractivity contribution in [2.45, 2.75) is 26.3 Å². The van der Waals surface area contributed by atoms with E-state index in [1.165, 1.54) is 11.3 Å². The highest BCUT2D eigenvalue weighted by Crippen LogP contribution is 2.27. The van der Waals surface area contributed by atoms with Gasteiger partial charge in [0, 0.05) is 25.2 Å². The first-order valence-corrected chi connectivity index (χ1v) is 12.2. The number of morpholine rings is 1. The molecule has 0 saturated carbocycles. The number of fused-ring (bicyclic) bond motifs is 1. The van der Waals surface area contributed by atoms with Crippen LogP contribution in [0.15, 0.2) is 47.5 Å². The summed E-state index contributed by atoms with van der Waals surface area (Å²) < 4.78 is 13.8. The lowest BCUT2D eigenvalue weighted by Gasteiger charge is -2.26. The first-order chi connectivity index (χ1) is 16.5. The highest BCUT2D eigenvalue weighted by molar-refractivity contribution is 7.16. The van der Waals surface area contributed by atoms with Crippen molar-refractivity contribution in [3.05, 3.63) is 58.4 Å². The number of nitrogens with zero attached hydrogens (tertiary/aromatic N) is 3. The van der Waals surface area contributed by atoms with Crippen molar-refractivity contribution in [2.75, 3.05) is 39.5 Å². The number of amides is 1. The molecule has 0 bridgehead atoms. The summed E-state index contributed by atoms with van der Waals surface area (Å²) in [5.74, 6) is -0.659. The fourth-order valence-corrected chi connectivity index (χ4v) is 5.02. The Morgan fingerprint density at radius 1 is 1.18 bits per heavy atom. The molecule has 1 unspecified atom stereocenters. The normalized spacial score (nSPS) is 16.0. The van der Waals surface area contributed by atoms with Gasteiger partial charge in [0.1, 0.15) is 18.4 Å². The minimum absolute atomic E-state index is 0.361. The Bertz CT molecular complexity index is 1230. The lowest BCUT2D eigenvalue weighted by Crippen LogP contribution is -2.38. The molecule has 0 spiro atoms. The van der Waals surface area contributed by atoms with Crippen LogP contribution in [-0.4, -0.2) is 65.9 Å². The maximum absolute atomic E-state index is 12.8. The zero-order valence-corrected chi connectivity index (χ0v) is 20.2. The van der Waals surface area contributed by atoms with Crippen LogP contribution in [0.4, 0.5) is 0 Å². The number of aryl methyl sites for hydroxylation is 1. The van der Waals surface area contributed by atoms with Crippen LogP contribution in [-0.2, 0) is 9.53 Å². The van der Waals surface area contributed by atoms with Gasteiger partial charge in [0.15, 0.2) is 4.80 Å². The molecule has 34 heavy (non-hydrogen) atoms. The van der Waals surface area contributed by atoms with Gasteiger partial charge in [-0.2, -0.15) is 4.99 Å². The van der Waals surface area contributed by atoms with Crippen molar-refractivity contribution in [1.29, 1.82) is 0 Å². The molecule has 4 rings (SSSR count). The van der Waals surface area contributed by atoms with Crippen molar-refractivity contribution in [2.24, 2.45) is 4.99 Å². The van der Waals surface area contributed by atoms with Gasteiger partial charge in [-0.1, -0.05) is 36.0 Å². The number of carboxylic acids is 1. The number of carbonyl (C=O) groups is 2. The second kappa shape index (κ2) is 10.9. The minimum atomic E-state index is -0.961. The molecule has 1 amide bonds. The van der Waals surface area contributed by atoms with Gasteiger partial charge in [0.05, 0.1) is 23.4 Å². The minimum Gasteiger partial charge on any atom is -0.492 e. The predicted molar refractivity (Wildman–Crippen MR) is 131 cm³/mol. The number of carbonyl (C=O) groups excluding carboxylic acids is 1. The molecule has 9 heteroatoms. The van der Waals surface area contributed by atoms with Gasteiger partial charge in [0.2, 0.25) is 0 Å². The van der Waals surface area contributed by atoms with Crippen LogP contribution in [0.5, 0.6) is 5.75 Å². The second-order valence-electron chi connectivity index (χ2n) is 8.23. The van der Waals surface area contributed by atoms with Crippen LogP contribution in [0.25, 0.3) is 10.2 Å². The van der Waals surface area contributed by atoms with Gasteiger partial charge in [-0.15, -0.1) is 0 Å². The van der Waals surface area contributed by atoms with Gasteiger partial charge >= 0.3 is 5.97 Å². The molecule has 1 aliphatic rings. The summed E-state index contributed by atoms with van der Waals surface area (Å²) in [7, 11) is 0. The van der Waals surface area contributed by atoms with E-state index in [9.17, 15) is 14.7 Å². The molecule has 1 atom stereocenters. The fourth-order valence-electron chi connectivity index (χ4n) is 3.93. The van der Waals surface area contributed by atoms with Crippen molar-refractivity contribution < 1.29 is 24.2 Å². The second-order valence-corrected chi connectivity index (χ2v) is 9.24. The summed E-state index contributed by atoms with van der Waals surface area (Å²) in [5, 5.41) is 9.82. The Morgan fingerprint density at radius 2 is 1.91 bits per heavy atom. The summed E-state index contributed by atoms with van der Waals surface area (Å²) in [6, 6.07) is 11.9. The average molecular weight is 484 g/mol. The Morgan fingerprint density at radius 3 is 2.59 bits per heavy atom. The van der Waals surface area contributed by atoms with E-state index in [0.717, 1.165) is 48.6 Å². The maximum atomic E-state index is 12.8. The topological polar surface area (TPSA) is 93.4 Å². The number of hydrogen-bond donors (Lipinski definition) is 1. The Balaban J connectivity index is 1.65. The summed E-state index contributed by atoms with van der Waals surface area (Å²) in [4.78, 5) is 31.8. The lowest BCUT2D eigenvalue weighted by atomic mass is 10.1. The van der Waals surface area contributed by atoms with E-state index in [-0.39, 0.29) is 0 Å². The molecule has 2 heterocycles. The monoisotopic (exact) mass is 483 g/mol. The van der Waals surface area contributed by atoms with Crippen LogP contribution in [0.3, 0.4) is 0 Å². The smallest absolute Gasteiger partial charge is 0.326 e. The zero-order chi connectivity index (χ0) is 24.1. The molecule has 1 N–H and O–H groups in total. The van der Waals surface area contributed by atoms with Gasteiger partial charge in [-0.05, 0) is 43.7 Å². The fraction of sp³-hybridized carbons (Fsp3) is 0.400. The van der Waals surface area contributed by atoms with Crippen molar-refractivity contribution in [3.8, 4) is 5.75 Å². The van der Waals surface area contributed by atoms with E-state index in [4.69, 9.17) is 9.47 Å². The predicted octanol–water partition coefficient (Wildman–Crippen LogP) is 3.50. The van der Waals surface area contributed by atoms with Crippen LogP contribution < -0.4 is 9.54 Å². The number of hydrogen-bond acceptors (Lipinski definition) is 6. The number of rotatable bonds is 8. The van der Waals surface area contributed by atoms with Crippen LogP contribution in [0, 0.1) is 6.92 Å². The Kier molecular flexibility index (Phi) is 7.77. The number of aliphatic carboxylic acids is 1. The highest BCUT2D eigenvalue weighted by Gasteiger charge is 2.22. The van der Waals surface area contributed by atoms with E-state index >= 15 is 0 Å². The summed E-state index contributed by atoms with van der Waals surface area (Å²) in [5.41, 5.74) is 2.23. The lowest BCUT2D eigenvalue weighted by molar-refractivity contribution is -0.140. The molecular weight excluding hydrogens is 454 g/mol. The van der Waals surface area contributed by atoms with Gasteiger partial charge in [-0.25, -0.2) is 4.79 Å². The molecule has 3 aromatic rings. The molecule has 1 aromatic heterocycles. The van der Waals surface area contributed by atoms with Gasteiger partial charge in [-0.3, -0.25) is 9.69 Å². The summed E-state index contributed by atoms with van der Waals surface area (Å²) >= 11 is 1.29. The van der Waals surface area contributed by atoms with Crippen LogP contribution >= 0.6 is 11.3 Å².